The van der Waals surface area contributed by atoms with E-state index in [9.17, 15) is 0 Å². The SMILES string of the molecule is COc1cc(N2CCC(N)CC2)c(C)cc1NC1N=CC(Cl)=C(C2CNC3=C2CCC=C3)N1. The molecule has 0 amide bonds. The minimum absolute atomic E-state index is 0.241. The van der Waals surface area contributed by atoms with Crippen LogP contribution < -0.4 is 31.3 Å². The van der Waals surface area contributed by atoms with Crippen LogP contribution in [0.25, 0.3) is 0 Å². The summed E-state index contributed by atoms with van der Waals surface area (Å²) in [5, 5.41) is 11.2. The number of halogens is 1. The average molecular weight is 469 g/mol. The van der Waals surface area contributed by atoms with Gasteiger partial charge < -0.3 is 31.3 Å². The quantitative estimate of drug-likeness (QED) is 0.528. The van der Waals surface area contributed by atoms with Crippen LogP contribution in [0.2, 0.25) is 0 Å². The number of nitrogens with one attached hydrogen (secondary N) is 3. The molecule has 1 fully saturated rings. The number of hydrogen-bond donors (Lipinski definition) is 4. The van der Waals surface area contributed by atoms with E-state index < -0.39 is 0 Å². The van der Waals surface area contributed by atoms with Gasteiger partial charge in [-0.15, -0.1) is 0 Å². The zero-order valence-corrected chi connectivity index (χ0v) is 20.1. The van der Waals surface area contributed by atoms with E-state index in [1.807, 2.05) is 0 Å². The van der Waals surface area contributed by atoms with Crippen LogP contribution in [0.5, 0.6) is 5.75 Å². The van der Waals surface area contributed by atoms with Crippen LogP contribution in [0.3, 0.4) is 0 Å². The number of rotatable bonds is 5. The fraction of sp³-hybridized carbons (Fsp3) is 0.480. The van der Waals surface area contributed by atoms with E-state index >= 15 is 0 Å². The molecular weight excluding hydrogens is 436 g/mol. The first-order valence-electron chi connectivity index (χ1n) is 11.8. The van der Waals surface area contributed by atoms with Gasteiger partial charge in [0.05, 0.1) is 17.8 Å². The van der Waals surface area contributed by atoms with Crippen molar-refractivity contribution in [2.24, 2.45) is 16.6 Å². The predicted octanol–water partition coefficient (Wildman–Crippen LogP) is 3.57. The fourth-order valence-corrected chi connectivity index (χ4v) is 5.46. The molecule has 176 valence electrons. The van der Waals surface area contributed by atoms with Gasteiger partial charge in [0.1, 0.15) is 5.75 Å². The van der Waals surface area contributed by atoms with Gasteiger partial charge in [-0.2, -0.15) is 0 Å². The van der Waals surface area contributed by atoms with E-state index in [0.717, 1.165) is 62.5 Å². The van der Waals surface area contributed by atoms with Crippen molar-refractivity contribution < 1.29 is 4.74 Å². The van der Waals surface area contributed by atoms with Crippen molar-refractivity contribution in [3.05, 3.63) is 51.8 Å². The van der Waals surface area contributed by atoms with Gasteiger partial charge in [0.2, 0.25) is 0 Å². The van der Waals surface area contributed by atoms with Crippen molar-refractivity contribution in [2.45, 2.75) is 44.9 Å². The maximum atomic E-state index is 6.60. The fourth-order valence-electron chi connectivity index (χ4n) is 5.22. The summed E-state index contributed by atoms with van der Waals surface area (Å²) in [5.41, 5.74) is 13.1. The Kier molecular flexibility index (Phi) is 6.25. The molecule has 0 aromatic heterocycles. The van der Waals surface area contributed by atoms with Gasteiger partial charge >= 0.3 is 0 Å². The Morgan fingerprint density at radius 3 is 2.88 bits per heavy atom. The second-order valence-corrected chi connectivity index (χ2v) is 9.62. The topological polar surface area (TPSA) is 86.9 Å². The molecule has 5 N–H and O–H groups in total. The van der Waals surface area contributed by atoms with Crippen LogP contribution in [-0.4, -0.2) is 45.3 Å². The third kappa shape index (κ3) is 4.44. The third-order valence-electron chi connectivity index (χ3n) is 7.05. The number of anilines is 2. The molecule has 3 heterocycles. The zero-order chi connectivity index (χ0) is 22.9. The molecule has 3 aliphatic heterocycles. The van der Waals surface area contributed by atoms with Gasteiger partial charge in [-0.25, -0.2) is 4.99 Å². The second-order valence-electron chi connectivity index (χ2n) is 9.21. The molecule has 1 aromatic rings. The summed E-state index contributed by atoms with van der Waals surface area (Å²) in [6.45, 7) is 4.94. The maximum absolute atomic E-state index is 6.60. The summed E-state index contributed by atoms with van der Waals surface area (Å²) in [7, 11) is 1.71. The third-order valence-corrected chi connectivity index (χ3v) is 7.35. The highest BCUT2D eigenvalue weighted by Gasteiger charge is 2.32. The molecule has 0 bridgehead atoms. The molecule has 0 radical (unpaired) electrons. The molecule has 33 heavy (non-hydrogen) atoms. The zero-order valence-electron chi connectivity index (χ0n) is 19.3. The Morgan fingerprint density at radius 1 is 1.27 bits per heavy atom. The van der Waals surface area contributed by atoms with Gasteiger partial charge in [-0.05, 0) is 55.9 Å². The summed E-state index contributed by atoms with van der Waals surface area (Å²) in [6, 6.07) is 4.57. The lowest BCUT2D eigenvalue weighted by molar-refractivity contribution is 0.415. The van der Waals surface area contributed by atoms with Crippen molar-refractivity contribution >= 4 is 29.2 Å². The number of allylic oxidation sites excluding steroid dienone is 3. The molecule has 0 spiro atoms. The van der Waals surface area contributed by atoms with E-state index in [1.165, 1.54) is 22.5 Å². The summed E-state index contributed by atoms with van der Waals surface area (Å²) < 4.78 is 5.76. The molecule has 1 saturated heterocycles. The number of ether oxygens (including phenoxy) is 1. The average Bonchev–Trinajstić information content (AvgIpc) is 3.25. The van der Waals surface area contributed by atoms with Crippen molar-refractivity contribution in [1.29, 1.82) is 0 Å². The van der Waals surface area contributed by atoms with Crippen LogP contribution in [0.1, 0.15) is 31.2 Å². The summed E-state index contributed by atoms with van der Waals surface area (Å²) >= 11 is 6.60. The van der Waals surface area contributed by atoms with Gasteiger partial charge in [0.25, 0.3) is 0 Å². The lowest BCUT2D eigenvalue weighted by atomic mass is 9.90. The Bertz CT molecular complexity index is 1040. The number of nitrogens with zero attached hydrogens (tertiary/aromatic N) is 2. The lowest BCUT2D eigenvalue weighted by Crippen LogP contribution is -2.40. The van der Waals surface area contributed by atoms with E-state index in [0.29, 0.717) is 11.1 Å². The minimum Gasteiger partial charge on any atom is -0.495 e. The Morgan fingerprint density at radius 2 is 2.09 bits per heavy atom. The molecular formula is C25H33ClN6O. The number of nitrogens with two attached hydrogens (primary N) is 1. The molecule has 0 saturated carbocycles. The standard InChI is InChI=1S/C25H33ClN6O/c1-15-11-21(23(33-2)12-22(15)32-9-7-16(27)8-10-32)30-25-29-14-19(26)24(31-25)18-13-28-20-6-4-3-5-17(18)20/h4,6,11-12,14,16,18,25,28,30-31H,3,5,7-10,13,27H2,1-2H3. The van der Waals surface area contributed by atoms with Crippen LogP contribution >= 0.6 is 11.6 Å². The van der Waals surface area contributed by atoms with Crippen LogP contribution in [-0.2, 0) is 0 Å². The summed E-state index contributed by atoms with van der Waals surface area (Å²) in [5.74, 6) is 1.04. The van der Waals surface area contributed by atoms with Crippen molar-refractivity contribution in [3.63, 3.8) is 0 Å². The second kappa shape index (κ2) is 9.31. The first kappa shape index (κ1) is 22.2. The molecule has 7 nitrogen and oxygen atoms in total. The van der Waals surface area contributed by atoms with E-state index in [1.54, 1.807) is 13.3 Å². The Labute approximate surface area is 200 Å². The van der Waals surface area contributed by atoms with E-state index in [-0.39, 0.29) is 12.2 Å². The van der Waals surface area contributed by atoms with Gasteiger partial charge in [-0.3, -0.25) is 0 Å². The highest BCUT2D eigenvalue weighted by atomic mass is 35.5. The predicted molar refractivity (Wildman–Crippen MR) is 136 cm³/mol. The highest BCUT2D eigenvalue weighted by molar-refractivity contribution is 6.39. The first-order valence-corrected chi connectivity index (χ1v) is 12.2. The molecule has 1 aliphatic carbocycles. The lowest BCUT2D eigenvalue weighted by Gasteiger charge is -2.34. The normalized spacial score (nSPS) is 25.2. The number of aryl methyl sites for hydroxylation is 1. The van der Waals surface area contributed by atoms with E-state index in [2.05, 4.69) is 57.1 Å². The number of piperidine rings is 1. The molecule has 2 unspecified atom stereocenters. The number of hydrogen-bond acceptors (Lipinski definition) is 7. The highest BCUT2D eigenvalue weighted by Crippen LogP contribution is 2.37. The largest absolute Gasteiger partial charge is 0.495 e. The maximum Gasteiger partial charge on any atom is 0.194 e. The van der Waals surface area contributed by atoms with Crippen LogP contribution in [0, 0.1) is 12.8 Å². The van der Waals surface area contributed by atoms with Gasteiger partial charge in [-0.1, -0.05) is 17.7 Å². The number of methoxy groups -OCH3 is 1. The number of benzene rings is 1. The monoisotopic (exact) mass is 468 g/mol. The Hall–Kier alpha value is -2.64. The summed E-state index contributed by atoms with van der Waals surface area (Å²) in [4.78, 5) is 6.99. The molecule has 5 rings (SSSR count). The molecule has 8 heteroatoms. The van der Waals surface area contributed by atoms with Crippen molar-refractivity contribution in [1.82, 2.24) is 10.6 Å². The summed E-state index contributed by atoms with van der Waals surface area (Å²) in [6.07, 6.45) is 10.0. The molecule has 2 atom stereocenters. The minimum atomic E-state index is -0.321. The number of aliphatic imine (C=N–C) groups is 1. The smallest absolute Gasteiger partial charge is 0.194 e. The van der Waals surface area contributed by atoms with Crippen molar-refractivity contribution in [2.75, 3.05) is 37.0 Å². The van der Waals surface area contributed by atoms with Crippen molar-refractivity contribution in [3.8, 4) is 5.75 Å². The Balaban J connectivity index is 1.33. The van der Waals surface area contributed by atoms with Crippen LogP contribution in [0.4, 0.5) is 11.4 Å². The molecule has 4 aliphatic rings. The molecule has 1 aromatic carbocycles. The van der Waals surface area contributed by atoms with Gasteiger partial charge in [0.15, 0.2) is 6.29 Å². The van der Waals surface area contributed by atoms with E-state index in [4.69, 9.17) is 22.1 Å². The first-order chi connectivity index (χ1) is 16.0. The van der Waals surface area contributed by atoms with Crippen LogP contribution in [0.15, 0.2) is 51.3 Å². The van der Waals surface area contributed by atoms with Gasteiger partial charge in [0, 0.05) is 61.0 Å².